The molecule has 1 aliphatic heterocycles. The van der Waals surface area contributed by atoms with Crippen LogP contribution in [0, 0.1) is 0 Å². The second kappa shape index (κ2) is 7.55. The van der Waals surface area contributed by atoms with Crippen molar-refractivity contribution in [1.29, 1.82) is 0 Å². The van der Waals surface area contributed by atoms with Gasteiger partial charge >= 0.3 is 0 Å². The third-order valence-electron chi connectivity index (χ3n) is 5.48. The second-order valence-electron chi connectivity index (χ2n) is 7.32. The van der Waals surface area contributed by atoms with Gasteiger partial charge in [-0.05, 0) is 54.6 Å². The van der Waals surface area contributed by atoms with Crippen molar-refractivity contribution in [3.05, 3.63) is 84.2 Å². The molecule has 6 heteroatoms. The summed E-state index contributed by atoms with van der Waals surface area (Å²) in [4.78, 5) is 19.7. The Hall–Kier alpha value is -3.80. The lowest BCUT2D eigenvalue weighted by atomic mass is 10.2. The van der Waals surface area contributed by atoms with Crippen molar-refractivity contribution in [2.75, 3.05) is 23.9 Å². The van der Waals surface area contributed by atoms with E-state index >= 15 is 0 Å². The molecule has 0 atom stereocenters. The molecule has 6 nitrogen and oxygen atoms in total. The highest BCUT2D eigenvalue weighted by Crippen LogP contribution is 2.26. The number of imidazole rings is 1. The van der Waals surface area contributed by atoms with E-state index in [0.29, 0.717) is 5.56 Å². The van der Waals surface area contributed by atoms with Crippen molar-refractivity contribution in [2.24, 2.45) is 0 Å². The van der Waals surface area contributed by atoms with Crippen molar-refractivity contribution < 1.29 is 9.53 Å². The van der Waals surface area contributed by atoms with Gasteiger partial charge in [0.15, 0.2) is 0 Å². The molecule has 0 unspecified atom stereocenters. The van der Waals surface area contributed by atoms with Gasteiger partial charge in [-0.1, -0.05) is 18.2 Å². The molecule has 1 aliphatic rings. The topological polar surface area (TPSA) is 59.4 Å². The van der Waals surface area contributed by atoms with E-state index in [2.05, 4.69) is 39.0 Å². The average molecular weight is 398 g/mol. The van der Waals surface area contributed by atoms with Crippen molar-refractivity contribution >= 4 is 28.3 Å². The minimum atomic E-state index is -0.143. The lowest BCUT2D eigenvalue weighted by Gasteiger charge is -2.30. The molecule has 4 aromatic rings. The zero-order valence-electron chi connectivity index (χ0n) is 16.7. The molecule has 1 N–H and O–H groups in total. The predicted molar refractivity (Wildman–Crippen MR) is 118 cm³/mol. The van der Waals surface area contributed by atoms with Gasteiger partial charge in [0, 0.05) is 30.0 Å². The molecule has 0 fully saturated rings. The monoisotopic (exact) mass is 398 g/mol. The number of aromatic nitrogens is 2. The van der Waals surface area contributed by atoms with Crippen molar-refractivity contribution in [3.63, 3.8) is 0 Å². The van der Waals surface area contributed by atoms with Crippen molar-refractivity contribution in [1.82, 2.24) is 9.55 Å². The molecular weight excluding hydrogens is 376 g/mol. The molecule has 0 bridgehead atoms. The summed E-state index contributed by atoms with van der Waals surface area (Å²) in [6.45, 7) is 2.52. The van der Waals surface area contributed by atoms with Crippen LogP contribution in [-0.4, -0.2) is 29.1 Å². The third-order valence-corrected chi connectivity index (χ3v) is 5.48. The fourth-order valence-corrected chi connectivity index (χ4v) is 3.91. The number of carbonyl (C=O) groups excluding carboxylic acids is 1. The van der Waals surface area contributed by atoms with E-state index in [0.717, 1.165) is 48.1 Å². The molecule has 5 rings (SSSR count). The Bertz CT molecular complexity index is 1210. The number of nitrogens with zero attached hydrogens (tertiary/aromatic N) is 3. The smallest absolute Gasteiger partial charge is 0.255 e. The van der Waals surface area contributed by atoms with Crippen LogP contribution in [0.25, 0.3) is 11.0 Å². The fourth-order valence-electron chi connectivity index (χ4n) is 3.91. The number of ether oxygens (including phenoxy) is 1. The Labute approximate surface area is 174 Å². The van der Waals surface area contributed by atoms with Crippen LogP contribution in [0.15, 0.2) is 72.8 Å². The molecule has 0 spiro atoms. The maximum absolute atomic E-state index is 12.6. The Kier molecular flexibility index (Phi) is 4.59. The number of methoxy groups -OCH3 is 1. The van der Waals surface area contributed by atoms with Crippen molar-refractivity contribution in [2.45, 2.75) is 13.1 Å². The van der Waals surface area contributed by atoms with E-state index in [-0.39, 0.29) is 5.91 Å². The summed E-state index contributed by atoms with van der Waals surface area (Å²) in [7, 11) is 1.61. The Morgan fingerprint density at radius 3 is 2.67 bits per heavy atom. The summed E-state index contributed by atoms with van der Waals surface area (Å²) < 4.78 is 7.44. The summed E-state index contributed by atoms with van der Waals surface area (Å²) >= 11 is 0. The molecule has 0 saturated heterocycles. The number of carbonyl (C=O) groups is 1. The molecule has 0 radical (unpaired) electrons. The maximum Gasteiger partial charge on any atom is 0.255 e. The molecule has 3 aromatic carbocycles. The Morgan fingerprint density at radius 1 is 1.00 bits per heavy atom. The van der Waals surface area contributed by atoms with Gasteiger partial charge in [-0.25, -0.2) is 4.98 Å². The van der Waals surface area contributed by atoms with Gasteiger partial charge in [0.25, 0.3) is 5.91 Å². The highest BCUT2D eigenvalue weighted by atomic mass is 16.5. The number of hydrogen-bond acceptors (Lipinski definition) is 4. The van der Waals surface area contributed by atoms with Crippen LogP contribution < -0.4 is 15.0 Å². The molecule has 30 heavy (non-hydrogen) atoms. The number of hydrogen-bond donors (Lipinski definition) is 1. The zero-order chi connectivity index (χ0) is 20.5. The summed E-state index contributed by atoms with van der Waals surface area (Å²) in [6, 6.07) is 23.3. The molecular formula is C24H22N4O2. The number of anilines is 2. The molecule has 1 aromatic heterocycles. The largest absolute Gasteiger partial charge is 0.497 e. The highest BCUT2D eigenvalue weighted by Gasteiger charge is 2.20. The van der Waals surface area contributed by atoms with Gasteiger partial charge < -0.3 is 19.5 Å². The van der Waals surface area contributed by atoms with Gasteiger partial charge in [-0.3, -0.25) is 4.79 Å². The normalized spacial score (nSPS) is 13.2. The quantitative estimate of drug-likeness (QED) is 0.556. The van der Waals surface area contributed by atoms with Gasteiger partial charge in [0.2, 0.25) is 0 Å². The number of para-hydroxylation sites is 2. The number of benzene rings is 3. The van der Waals surface area contributed by atoms with E-state index in [1.807, 2.05) is 24.3 Å². The van der Waals surface area contributed by atoms with Crippen LogP contribution in [0.3, 0.4) is 0 Å². The zero-order valence-corrected chi connectivity index (χ0v) is 16.7. The summed E-state index contributed by atoms with van der Waals surface area (Å²) in [5, 5.41) is 2.99. The highest BCUT2D eigenvalue weighted by molar-refractivity contribution is 6.04. The summed E-state index contributed by atoms with van der Waals surface area (Å²) in [6.07, 6.45) is 0. The van der Waals surface area contributed by atoms with Gasteiger partial charge in [0.05, 0.1) is 24.7 Å². The SMILES string of the molecule is COc1ccc(C(=O)Nc2cccc(N3CCn4c(nc5ccccc54)C3)c2)cc1. The summed E-state index contributed by atoms with van der Waals surface area (Å²) in [5.74, 6) is 1.65. The minimum Gasteiger partial charge on any atom is -0.497 e. The fraction of sp³-hybridized carbons (Fsp3) is 0.167. The standard InChI is InChI=1S/C24H22N4O2/c1-30-20-11-9-17(10-12-20)24(29)25-18-5-4-6-19(15-18)27-13-14-28-22-8-3-2-7-21(22)26-23(28)16-27/h2-12,15H,13-14,16H2,1H3,(H,25,29). The molecule has 150 valence electrons. The predicted octanol–water partition coefficient (Wildman–Crippen LogP) is 4.32. The molecule has 0 aliphatic carbocycles. The first-order chi connectivity index (χ1) is 14.7. The van der Waals surface area contributed by atoms with Crippen LogP contribution in [0.1, 0.15) is 16.2 Å². The van der Waals surface area contributed by atoms with E-state index in [4.69, 9.17) is 9.72 Å². The number of amides is 1. The van der Waals surface area contributed by atoms with E-state index < -0.39 is 0 Å². The van der Waals surface area contributed by atoms with Crippen LogP contribution in [0.5, 0.6) is 5.75 Å². The van der Waals surface area contributed by atoms with E-state index in [1.165, 1.54) is 5.52 Å². The minimum absolute atomic E-state index is 0.143. The first-order valence-electron chi connectivity index (χ1n) is 9.96. The lowest BCUT2D eigenvalue weighted by molar-refractivity contribution is 0.102. The Balaban J connectivity index is 1.34. The van der Waals surface area contributed by atoms with Gasteiger partial charge in [-0.2, -0.15) is 0 Å². The van der Waals surface area contributed by atoms with Crippen molar-refractivity contribution in [3.8, 4) is 5.75 Å². The first kappa shape index (κ1) is 18.2. The number of rotatable bonds is 4. The maximum atomic E-state index is 12.6. The summed E-state index contributed by atoms with van der Waals surface area (Å²) in [5.41, 5.74) is 4.66. The van der Waals surface area contributed by atoms with Gasteiger partial charge in [0.1, 0.15) is 11.6 Å². The number of fused-ring (bicyclic) bond motifs is 3. The van der Waals surface area contributed by atoms with Crippen LogP contribution in [-0.2, 0) is 13.1 Å². The van der Waals surface area contributed by atoms with Crippen LogP contribution in [0.4, 0.5) is 11.4 Å². The molecule has 2 heterocycles. The van der Waals surface area contributed by atoms with E-state index in [1.54, 1.807) is 31.4 Å². The first-order valence-corrected chi connectivity index (χ1v) is 9.96. The molecule has 0 saturated carbocycles. The third kappa shape index (κ3) is 3.37. The Morgan fingerprint density at radius 2 is 1.83 bits per heavy atom. The lowest BCUT2D eigenvalue weighted by Crippen LogP contribution is -2.33. The van der Waals surface area contributed by atoms with E-state index in [9.17, 15) is 4.79 Å². The second-order valence-corrected chi connectivity index (χ2v) is 7.32. The average Bonchev–Trinajstić information content (AvgIpc) is 3.17. The molecule has 1 amide bonds. The van der Waals surface area contributed by atoms with Crippen LogP contribution >= 0.6 is 0 Å². The number of nitrogens with one attached hydrogen (secondary N) is 1. The van der Waals surface area contributed by atoms with Gasteiger partial charge in [-0.15, -0.1) is 0 Å². The van der Waals surface area contributed by atoms with Crippen LogP contribution in [0.2, 0.25) is 0 Å².